The zero-order chi connectivity index (χ0) is 10.1. The molecular weight excluding hydrogens is 176 g/mol. The van der Waals surface area contributed by atoms with Crippen molar-refractivity contribution >= 4 is 11.0 Å². The van der Waals surface area contributed by atoms with Crippen LogP contribution in [0.2, 0.25) is 0 Å². The number of hydrogen-bond acceptors (Lipinski definition) is 4. The monoisotopic (exact) mass is 188 g/mol. The zero-order valence-corrected chi connectivity index (χ0v) is 8.52. The normalized spacial score (nSPS) is 11.1. The van der Waals surface area contributed by atoms with E-state index in [0.29, 0.717) is 5.92 Å². The van der Waals surface area contributed by atoms with Crippen molar-refractivity contribution in [3.05, 3.63) is 24.0 Å². The van der Waals surface area contributed by atoms with Gasteiger partial charge < -0.3 is 0 Å². The largest absolute Gasteiger partial charge is 0.239 e. The maximum absolute atomic E-state index is 4.44. The summed E-state index contributed by atoms with van der Waals surface area (Å²) in [6.45, 7) is 6.07. The summed E-state index contributed by atoms with van der Waals surface area (Å²) in [6, 6.07) is 0. The van der Waals surface area contributed by atoms with Gasteiger partial charge in [-0.3, -0.25) is 0 Å². The standard InChI is InChI=1S/C10H12N4/c1-6(2)10-11-4-8-9(14-10)7(3)12-5-13-8/h4-6H,1-3H3. The fourth-order valence-corrected chi connectivity index (χ4v) is 1.27. The number of nitrogens with zero attached hydrogens (tertiary/aromatic N) is 4. The molecule has 0 bridgehead atoms. The summed E-state index contributed by atoms with van der Waals surface area (Å²) in [4.78, 5) is 16.9. The number of fused-ring (bicyclic) bond motifs is 1. The summed E-state index contributed by atoms with van der Waals surface area (Å²) in [6.07, 6.45) is 3.29. The van der Waals surface area contributed by atoms with E-state index in [9.17, 15) is 0 Å². The lowest BCUT2D eigenvalue weighted by Crippen LogP contribution is -2.00. The van der Waals surface area contributed by atoms with Crippen LogP contribution in [0.1, 0.15) is 31.3 Å². The smallest absolute Gasteiger partial charge is 0.131 e. The van der Waals surface area contributed by atoms with E-state index >= 15 is 0 Å². The van der Waals surface area contributed by atoms with E-state index in [4.69, 9.17) is 0 Å². The van der Waals surface area contributed by atoms with Gasteiger partial charge in [-0.15, -0.1) is 0 Å². The number of aryl methyl sites for hydroxylation is 1. The topological polar surface area (TPSA) is 51.6 Å². The van der Waals surface area contributed by atoms with Gasteiger partial charge in [-0.1, -0.05) is 13.8 Å². The summed E-state index contributed by atoms with van der Waals surface area (Å²) in [7, 11) is 0. The van der Waals surface area contributed by atoms with Gasteiger partial charge in [0.2, 0.25) is 0 Å². The van der Waals surface area contributed by atoms with Crippen molar-refractivity contribution in [2.45, 2.75) is 26.7 Å². The van der Waals surface area contributed by atoms with E-state index in [1.807, 2.05) is 6.92 Å². The molecule has 0 amide bonds. The molecule has 0 atom stereocenters. The van der Waals surface area contributed by atoms with Crippen LogP contribution >= 0.6 is 0 Å². The Morgan fingerprint density at radius 1 is 1.14 bits per heavy atom. The van der Waals surface area contributed by atoms with Gasteiger partial charge in [0.1, 0.15) is 23.2 Å². The minimum absolute atomic E-state index is 0.332. The molecule has 4 nitrogen and oxygen atoms in total. The second-order valence-corrected chi connectivity index (χ2v) is 3.58. The first-order chi connectivity index (χ1) is 6.68. The minimum Gasteiger partial charge on any atom is -0.239 e. The molecule has 4 heteroatoms. The Morgan fingerprint density at radius 2 is 1.93 bits per heavy atom. The van der Waals surface area contributed by atoms with Gasteiger partial charge in [0.15, 0.2) is 0 Å². The van der Waals surface area contributed by atoms with E-state index in [2.05, 4.69) is 33.8 Å². The first-order valence-corrected chi connectivity index (χ1v) is 4.62. The van der Waals surface area contributed by atoms with Crippen LogP contribution in [0.3, 0.4) is 0 Å². The average molecular weight is 188 g/mol. The van der Waals surface area contributed by atoms with Crippen LogP contribution in [-0.4, -0.2) is 19.9 Å². The molecule has 0 aliphatic rings. The van der Waals surface area contributed by atoms with Gasteiger partial charge >= 0.3 is 0 Å². The Kier molecular flexibility index (Phi) is 2.11. The van der Waals surface area contributed by atoms with Crippen molar-refractivity contribution in [1.29, 1.82) is 0 Å². The highest BCUT2D eigenvalue weighted by molar-refractivity contribution is 5.74. The van der Waals surface area contributed by atoms with Crippen LogP contribution in [-0.2, 0) is 0 Å². The lowest BCUT2D eigenvalue weighted by Gasteiger charge is -2.04. The van der Waals surface area contributed by atoms with Crippen molar-refractivity contribution < 1.29 is 0 Å². The Morgan fingerprint density at radius 3 is 2.64 bits per heavy atom. The van der Waals surface area contributed by atoms with Gasteiger partial charge in [-0.2, -0.15) is 0 Å². The molecule has 2 aromatic rings. The molecular formula is C10H12N4. The summed E-state index contributed by atoms with van der Waals surface area (Å²) >= 11 is 0. The van der Waals surface area contributed by atoms with Gasteiger partial charge in [0.05, 0.1) is 11.9 Å². The SMILES string of the molecule is Cc1ncnc2cnc(C(C)C)nc12. The second kappa shape index (κ2) is 3.29. The molecule has 2 heterocycles. The molecule has 0 radical (unpaired) electrons. The summed E-state index contributed by atoms with van der Waals surface area (Å²) in [5.41, 5.74) is 2.56. The van der Waals surface area contributed by atoms with E-state index < -0.39 is 0 Å². The van der Waals surface area contributed by atoms with Crippen molar-refractivity contribution in [2.24, 2.45) is 0 Å². The first-order valence-electron chi connectivity index (χ1n) is 4.62. The summed E-state index contributed by atoms with van der Waals surface area (Å²) in [5.74, 6) is 1.18. The summed E-state index contributed by atoms with van der Waals surface area (Å²) in [5, 5.41) is 0. The number of hydrogen-bond donors (Lipinski definition) is 0. The molecule has 0 saturated heterocycles. The highest BCUT2D eigenvalue weighted by Gasteiger charge is 2.06. The first kappa shape index (κ1) is 8.99. The zero-order valence-electron chi connectivity index (χ0n) is 8.52. The third-order valence-electron chi connectivity index (χ3n) is 2.10. The molecule has 72 valence electrons. The van der Waals surface area contributed by atoms with Crippen LogP contribution in [0, 0.1) is 6.92 Å². The predicted molar refractivity (Wildman–Crippen MR) is 54.0 cm³/mol. The maximum Gasteiger partial charge on any atom is 0.131 e. The maximum atomic E-state index is 4.44. The van der Waals surface area contributed by atoms with Gasteiger partial charge in [-0.05, 0) is 6.92 Å². The van der Waals surface area contributed by atoms with Crippen molar-refractivity contribution in [3.8, 4) is 0 Å². The van der Waals surface area contributed by atoms with Crippen LogP contribution < -0.4 is 0 Å². The Labute approximate surface area is 82.5 Å². The highest BCUT2D eigenvalue weighted by Crippen LogP contribution is 2.14. The minimum atomic E-state index is 0.332. The molecule has 14 heavy (non-hydrogen) atoms. The van der Waals surface area contributed by atoms with E-state index in [1.165, 1.54) is 6.33 Å². The van der Waals surface area contributed by atoms with Crippen LogP contribution in [0.5, 0.6) is 0 Å². The van der Waals surface area contributed by atoms with Crippen LogP contribution in [0.4, 0.5) is 0 Å². The van der Waals surface area contributed by atoms with Gasteiger partial charge in [0.25, 0.3) is 0 Å². The lowest BCUT2D eigenvalue weighted by molar-refractivity contribution is 0.780. The molecule has 2 rings (SSSR count). The molecule has 0 spiro atoms. The molecule has 0 unspecified atom stereocenters. The molecule has 2 aromatic heterocycles. The Bertz CT molecular complexity index is 465. The van der Waals surface area contributed by atoms with Crippen molar-refractivity contribution in [2.75, 3.05) is 0 Å². The van der Waals surface area contributed by atoms with E-state index in [1.54, 1.807) is 6.20 Å². The Hall–Kier alpha value is -1.58. The molecule has 0 aromatic carbocycles. The fraction of sp³-hybridized carbons (Fsp3) is 0.400. The van der Waals surface area contributed by atoms with Crippen LogP contribution in [0.25, 0.3) is 11.0 Å². The fourth-order valence-electron chi connectivity index (χ4n) is 1.27. The predicted octanol–water partition coefficient (Wildman–Crippen LogP) is 1.85. The lowest BCUT2D eigenvalue weighted by atomic mass is 10.2. The molecule has 0 saturated carbocycles. The number of rotatable bonds is 1. The molecule has 0 aliphatic carbocycles. The van der Waals surface area contributed by atoms with E-state index in [0.717, 1.165) is 22.6 Å². The average Bonchev–Trinajstić information content (AvgIpc) is 2.18. The van der Waals surface area contributed by atoms with Crippen LogP contribution in [0.15, 0.2) is 12.5 Å². The van der Waals surface area contributed by atoms with Gasteiger partial charge in [-0.25, -0.2) is 19.9 Å². The quantitative estimate of drug-likeness (QED) is 0.685. The highest BCUT2D eigenvalue weighted by atomic mass is 14.9. The third-order valence-corrected chi connectivity index (χ3v) is 2.10. The van der Waals surface area contributed by atoms with Crippen molar-refractivity contribution in [1.82, 2.24) is 19.9 Å². The Balaban J connectivity index is 2.70. The second-order valence-electron chi connectivity index (χ2n) is 3.58. The molecule has 0 fully saturated rings. The third kappa shape index (κ3) is 1.43. The summed E-state index contributed by atoms with van der Waals surface area (Å²) < 4.78 is 0. The number of aromatic nitrogens is 4. The van der Waals surface area contributed by atoms with Gasteiger partial charge in [0, 0.05) is 5.92 Å². The van der Waals surface area contributed by atoms with E-state index in [-0.39, 0.29) is 0 Å². The van der Waals surface area contributed by atoms with Crippen molar-refractivity contribution in [3.63, 3.8) is 0 Å². The molecule has 0 N–H and O–H groups in total. The molecule has 0 aliphatic heterocycles.